The Balaban J connectivity index is 1.78. The lowest BCUT2D eigenvalue weighted by Crippen LogP contribution is -2.31. The minimum Gasteiger partial charge on any atom is -0.507 e. The number of hydrogen-bond acceptors (Lipinski definition) is 5. The van der Waals surface area contributed by atoms with Crippen molar-refractivity contribution in [3.63, 3.8) is 0 Å². The van der Waals surface area contributed by atoms with E-state index in [9.17, 15) is 14.7 Å². The SMILES string of the molecule is COCCCN1C(=O)C(=O)C(=C(O)c2ccc(Cl)cc2)[C@@H]1c1cccc(Oc2ccccc2)c1. The van der Waals surface area contributed by atoms with Crippen LogP contribution in [0.1, 0.15) is 23.6 Å². The van der Waals surface area contributed by atoms with E-state index in [4.69, 9.17) is 21.1 Å². The number of benzene rings is 3. The molecule has 0 radical (unpaired) electrons. The monoisotopic (exact) mass is 477 g/mol. The van der Waals surface area contributed by atoms with Gasteiger partial charge < -0.3 is 19.5 Å². The molecule has 1 N–H and O–H groups in total. The second-order valence-electron chi connectivity index (χ2n) is 7.83. The van der Waals surface area contributed by atoms with E-state index in [2.05, 4.69) is 0 Å². The number of aliphatic hydroxyl groups excluding tert-OH is 1. The van der Waals surface area contributed by atoms with Crippen LogP contribution in [0, 0.1) is 0 Å². The third-order valence-corrected chi connectivity index (χ3v) is 5.81. The first-order chi connectivity index (χ1) is 16.5. The molecule has 7 heteroatoms. The van der Waals surface area contributed by atoms with E-state index in [1.165, 1.54) is 4.90 Å². The lowest BCUT2D eigenvalue weighted by molar-refractivity contribution is -0.140. The van der Waals surface area contributed by atoms with Gasteiger partial charge in [-0.05, 0) is 60.5 Å². The molecule has 0 unspecified atom stereocenters. The molecule has 1 heterocycles. The first-order valence-electron chi connectivity index (χ1n) is 10.9. The van der Waals surface area contributed by atoms with Crippen LogP contribution in [0.3, 0.4) is 0 Å². The zero-order valence-electron chi connectivity index (χ0n) is 18.6. The molecule has 0 saturated carbocycles. The van der Waals surface area contributed by atoms with Crippen molar-refractivity contribution in [2.45, 2.75) is 12.5 Å². The van der Waals surface area contributed by atoms with Crippen LogP contribution in [0.5, 0.6) is 11.5 Å². The maximum absolute atomic E-state index is 13.1. The summed E-state index contributed by atoms with van der Waals surface area (Å²) < 4.78 is 11.1. The number of hydrogen-bond donors (Lipinski definition) is 1. The third kappa shape index (κ3) is 4.98. The molecule has 0 aliphatic carbocycles. The lowest BCUT2D eigenvalue weighted by Gasteiger charge is -2.25. The standard InChI is InChI=1S/C27H24ClNO5/c1-33-16-6-15-29-24(19-7-5-10-22(17-19)34-21-8-3-2-4-9-21)23(26(31)27(29)32)25(30)18-11-13-20(28)14-12-18/h2-5,7-14,17,24,30H,6,15-16H2,1H3/t24-/m0/s1. The Morgan fingerprint density at radius 2 is 1.68 bits per heavy atom. The molecule has 0 aromatic heterocycles. The fourth-order valence-corrected chi connectivity index (χ4v) is 4.10. The summed E-state index contributed by atoms with van der Waals surface area (Å²) in [6.45, 7) is 0.730. The fraction of sp³-hybridized carbons (Fsp3) is 0.185. The summed E-state index contributed by atoms with van der Waals surface area (Å²) in [4.78, 5) is 27.6. The quantitative estimate of drug-likeness (QED) is 0.198. The molecule has 0 spiro atoms. The molecule has 3 aromatic rings. The molecule has 1 atom stereocenters. The highest BCUT2D eigenvalue weighted by molar-refractivity contribution is 6.46. The van der Waals surface area contributed by atoms with Crippen LogP contribution in [0.4, 0.5) is 0 Å². The molecule has 1 saturated heterocycles. The van der Waals surface area contributed by atoms with Gasteiger partial charge in [0.25, 0.3) is 11.7 Å². The predicted octanol–water partition coefficient (Wildman–Crippen LogP) is 5.59. The normalized spacial score (nSPS) is 17.2. The highest BCUT2D eigenvalue weighted by Crippen LogP contribution is 2.40. The first kappa shape index (κ1) is 23.5. The molecule has 1 aliphatic rings. The van der Waals surface area contributed by atoms with Crippen molar-refractivity contribution in [2.24, 2.45) is 0 Å². The predicted molar refractivity (Wildman–Crippen MR) is 130 cm³/mol. The summed E-state index contributed by atoms with van der Waals surface area (Å²) >= 11 is 5.98. The Hall–Kier alpha value is -3.61. The molecule has 4 rings (SSSR count). The third-order valence-electron chi connectivity index (χ3n) is 5.56. The average molecular weight is 478 g/mol. The maximum Gasteiger partial charge on any atom is 0.295 e. The summed E-state index contributed by atoms with van der Waals surface area (Å²) in [7, 11) is 1.58. The Morgan fingerprint density at radius 3 is 2.38 bits per heavy atom. The van der Waals surface area contributed by atoms with Crippen molar-refractivity contribution in [2.75, 3.05) is 20.3 Å². The molecule has 1 fully saturated rings. The molecule has 0 bridgehead atoms. The summed E-state index contributed by atoms with van der Waals surface area (Å²) in [6, 6.07) is 22.2. The lowest BCUT2D eigenvalue weighted by atomic mass is 9.95. The van der Waals surface area contributed by atoms with Crippen molar-refractivity contribution in [1.82, 2.24) is 4.90 Å². The highest BCUT2D eigenvalue weighted by atomic mass is 35.5. The second kappa shape index (κ2) is 10.5. The van der Waals surface area contributed by atoms with E-state index in [-0.39, 0.29) is 11.3 Å². The molecule has 3 aromatic carbocycles. The summed E-state index contributed by atoms with van der Waals surface area (Å²) in [5.74, 6) is -0.425. The number of ether oxygens (including phenoxy) is 2. The number of carbonyl (C=O) groups excluding carboxylic acids is 2. The van der Waals surface area contributed by atoms with Crippen molar-refractivity contribution < 1.29 is 24.2 Å². The second-order valence-corrected chi connectivity index (χ2v) is 8.27. The average Bonchev–Trinajstić information content (AvgIpc) is 3.10. The van der Waals surface area contributed by atoms with E-state index in [0.717, 1.165) is 0 Å². The van der Waals surface area contributed by atoms with Gasteiger partial charge in [-0.3, -0.25) is 9.59 Å². The number of rotatable bonds is 8. The summed E-state index contributed by atoms with van der Waals surface area (Å²) in [6.07, 6.45) is 0.543. The number of ketones is 1. The van der Waals surface area contributed by atoms with Gasteiger partial charge in [-0.15, -0.1) is 0 Å². The number of likely N-dealkylation sites (tertiary alicyclic amines) is 1. The van der Waals surface area contributed by atoms with Gasteiger partial charge in [0, 0.05) is 30.8 Å². The highest BCUT2D eigenvalue weighted by Gasteiger charge is 2.45. The van der Waals surface area contributed by atoms with Gasteiger partial charge in [-0.25, -0.2) is 0 Å². The minimum atomic E-state index is -0.771. The number of methoxy groups -OCH3 is 1. The van der Waals surface area contributed by atoms with Crippen molar-refractivity contribution >= 4 is 29.1 Å². The number of aliphatic hydroxyl groups is 1. The van der Waals surface area contributed by atoms with Gasteiger partial charge in [-0.1, -0.05) is 41.9 Å². The summed E-state index contributed by atoms with van der Waals surface area (Å²) in [5.41, 5.74) is 1.09. The van der Waals surface area contributed by atoms with Gasteiger partial charge in [-0.2, -0.15) is 0 Å². The van der Waals surface area contributed by atoms with E-state index in [1.807, 2.05) is 36.4 Å². The number of halogens is 1. The molecular formula is C27H24ClNO5. The molecule has 174 valence electrons. The van der Waals surface area contributed by atoms with Crippen LogP contribution in [0.15, 0.2) is 84.4 Å². The Labute approximate surface area is 203 Å². The van der Waals surface area contributed by atoms with Gasteiger partial charge in [0.15, 0.2) is 0 Å². The minimum absolute atomic E-state index is 0.0293. The number of para-hydroxylation sites is 1. The van der Waals surface area contributed by atoms with Crippen LogP contribution in [0.25, 0.3) is 5.76 Å². The van der Waals surface area contributed by atoms with Crippen molar-refractivity contribution in [3.05, 3.63) is 101 Å². The van der Waals surface area contributed by atoms with Crippen LogP contribution in [-0.2, 0) is 14.3 Å². The van der Waals surface area contributed by atoms with Crippen LogP contribution >= 0.6 is 11.6 Å². The molecule has 1 amide bonds. The zero-order chi connectivity index (χ0) is 24.1. The van der Waals surface area contributed by atoms with Gasteiger partial charge in [0.05, 0.1) is 11.6 Å². The van der Waals surface area contributed by atoms with E-state index in [0.29, 0.717) is 47.2 Å². The van der Waals surface area contributed by atoms with Crippen LogP contribution in [0.2, 0.25) is 5.02 Å². The zero-order valence-corrected chi connectivity index (χ0v) is 19.4. The largest absolute Gasteiger partial charge is 0.507 e. The van der Waals surface area contributed by atoms with Crippen molar-refractivity contribution in [3.8, 4) is 11.5 Å². The molecule has 6 nitrogen and oxygen atoms in total. The fourth-order valence-electron chi connectivity index (χ4n) is 3.97. The van der Waals surface area contributed by atoms with Gasteiger partial charge in [0.2, 0.25) is 0 Å². The number of nitrogens with zero attached hydrogens (tertiary/aromatic N) is 1. The summed E-state index contributed by atoms with van der Waals surface area (Å²) in [5, 5.41) is 11.6. The van der Waals surface area contributed by atoms with Crippen LogP contribution < -0.4 is 4.74 Å². The number of amides is 1. The maximum atomic E-state index is 13.1. The molecule has 1 aliphatic heterocycles. The van der Waals surface area contributed by atoms with Crippen LogP contribution in [-0.4, -0.2) is 42.0 Å². The Morgan fingerprint density at radius 1 is 0.971 bits per heavy atom. The Bertz CT molecular complexity index is 1210. The van der Waals surface area contributed by atoms with E-state index >= 15 is 0 Å². The molecular weight excluding hydrogens is 454 g/mol. The van der Waals surface area contributed by atoms with Gasteiger partial charge in [0.1, 0.15) is 17.3 Å². The number of carbonyl (C=O) groups is 2. The smallest absolute Gasteiger partial charge is 0.295 e. The number of Topliss-reactive ketones (excluding diaryl/α,β-unsaturated/α-hetero) is 1. The van der Waals surface area contributed by atoms with E-state index < -0.39 is 17.7 Å². The van der Waals surface area contributed by atoms with E-state index in [1.54, 1.807) is 49.6 Å². The first-order valence-corrected chi connectivity index (χ1v) is 11.2. The van der Waals surface area contributed by atoms with Gasteiger partial charge >= 0.3 is 0 Å². The van der Waals surface area contributed by atoms with Crippen molar-refractivity contribution in [1.29, 1.82) is 0 Å². The Kier molecular flexibility index (Phi) is 7.30. The molecule has 34 heavy (non-hydrogen) atoms. The topological polar surface area (TPSA) is 76.1 Å².